The number of cyclic esters (lactones) is 1. The van der Waals surface area contributed by atoms with Crippen molar-refractivity contribution >= 4 is 22.4 Å². The first-order chi connectivity index (χ1) is 16.0. The summed E-state index contributed by atoms with van der Waals surface area (Å²) in [6.45, 7) is 9.31. The van der Waals surface area contributed by atoms with E-state index < -0.39 is 5.60 Å². The molecule has 5 heterocycles. The van der Waals surface area contributed by atoms with E-state index in [9.17, 15) is 4.79 Å². The van der Waals surface area contributed by atoms with Crippen LogP contribution in [0.25, 0.3) is 16.4 Å². The standard InChI is InChI=1S/C28H25N3O2/c1-5-30-19(4)25(20-11-6-7-13-22(20)30)28(26-21(27(32)33-28)12-10-15-29-26)24-17(2)18(3)31-16-9-8-14-23(24)31/h6-16H,5H2,1-4H3. The molecule has 0 saturated heterocycles. The first kappa shape index (κ1) is 19.8. The summed E-state index contributed by atoms with van der Waals surface area (Å²) in [6.07, 6.45) is 3.82. The number of aryl methyl sites for hydroxylation is 2. The lowest BCUT2D eigenvalue weighted by Gasteiger charge is -2.30. The first-order valence-electron chi connectivity index (χ1n) is 11.3. The van der Waals surface area contributed by atoms with Gasteiger partial charge < -0.3 is 13.7 Å². The molecule has 0 aliphatic carbocycles. The van der Waals surface area contributed by atoms with Crippen LogP contribution in [0.1, 0.15) is 51.1 Å². The molecule has 6 rings (SSSR count). The predicted octanol–water partition coefficient (Wildman–Crippen LogP) is 5.70. The summed E-state index contributed by atoms with van der Waals surface area (Å²) in [6, 6.07) is 18.1. The molecule has 0 radical (unpaired) electrons. The van der Waals surface area contributed by atoms with Gasteiger partial charge in [-0.2, -0.15) is 0 Å². The van der Waals surface area contributed by atoms with Gasteiger partial charge in [0.25, 0.3) is 0 Å². The Balaban J connectivity index is 1.87. The molecule has 0 fully saturated rings. The number of nitrogens with zero attached hydrogens (tertiary/aromatic N) is 3. The number of carbonyl (C=O) groups is 1. The van der Waals surface area contributed by atoms with Crippen LogP contribution in [-0.4, -0.2) is 19.9 Å². The normalized spacial score (nSPS) is 17.6. The van der Waals surface area contributed by atoms with Gasteiger partial charge in [-0.3, -0.25) is 4.98 Å². The third kappa shape index (κ3) is 2.37. The van der Waals surface area contributed by atoms with Crippen LogP contribution in [0, 0.1) is 20.8 Å². The lowest BCUT2D eigenvalue weighted by molar-refractivity contribution is 0.0248. The zero-order valence-electron chi connectivity index (χ0n) is 19.2. The van der Waals surface area contributed by atoms with Crippen molar-refractivity contribution in [1.82, 2.24) is 14.0 Å². The molecule has 0 spiro atoms. The second-order valence-electron chi connectivity index (χ2n) is 8.73. The summed E-state index contributed by atoms with van der Waals surface area (Å²) in [5.41, 5.74) is 7.47. The minimum atomic E-state index is -1.14. The van der Waals surface area contributed by atoms with Gasteiger partial charge in [-0.1, -0.05) is 24.3 Å². The van der Waals surface area contributed by atoms with E-state index in [1.165, 1.54) is 0 Å². The Morgan fingerprint density at radius 1 is 0.909 bits per heavy atom. The Bertz CT molecular complexity index is 1590. The van der Waals surface area contributed by atoms with Crippen molar-refractivity contribution in [2.24, 2.45) is 0 Å². The van der Waals surface area contributed by atoms with E-state index in [1.807, 2.05) is 24.3 Å². The van der Waals surface area contributed by atoms with Gasteiger partial charge in [-0.15, -0.1) is 0 Å². The molecule has 4 aromatic heterocycles. The van der Waals surface area contributed by atoms with Crippen molar-refractivity contribution in [1.29, 1.82) is 0 Å². The highest BCUT2D eigenvalue weighted by Crippen LogP contribution is 2.52. The highest BCUT2D eigenvalue weighted by atomic mass is 16.6. The quantitative estimate of drug-likeness (QED) is 0.342. The summed E-state index contributed by atoms with van der Waals surface area (Å²) in [5, 5.41) is 1.08. The zero-order valence-corrected chi connectivity index (χ0v) is 19.2. The number of para-hydroxylation sites is 1. The van der Waals surface area contributed by atoms with Gasteiger partial charge in [0.05, 0.1) is 11.1 Å². The van der Waals surface area contributed by atoms with Gasteiger partial charge in [0, 0.05) is 52.4 Å². The summed E-state index contributed by atoms with van der Waals surface area (Å²) < 4.78 is 11.0. The van der Waals surface area contributed by atoms with Crippen molar-refractivity contribution in [2.45, 2.75) is 39.8 Å². The van der Waals surface area contributed by atoms with E-state index in [0.29, 0.717) is 11.3 Å². The highest BCUT2D eigenvalue weighted by molar-refractivity contribution is 5.99. The molecule has 0 bridgehead atoms. The minimum absolute atomic E-state index is 0.335. The van der Waals surface area contributed by atoms with Crippen molar-refractivity contribution in [2.75, 3.05) is 0 Å². The monoisotopic (exact) mass is 435 g/mol. The summed E-state index contributed by atoms with van der Waals surface area (Å²) >= 11 is 0. The molecule has 1 aliphatic rings. The molecular weight excluding hydrogens is 410 g/mol. The van der Waals surface area contributed by atoms with Gasteiger partial charge in [-0.05, 0) is 63.6 Å². The second kappa shape index (κ2) is 6.82. The molecule has 164 valence electrons. The Kier molecular flexibility index (Phi) is 4.09. The molecule has 5 aromatic rings. The highest BCUT2D eigenvalue weighted by Gasteiger charge is 2.54. The maximum atomic E-state index is 13.3. The second-order valence-corrected chi connectivity index (χ2v) is 8.73. The Hall–Kier alpha value is -3.86. The smallest absolute Gasteiger partial charge is 0.341 e. The van der Waals surface area contributed by atoms with Crippen LogP contribution in [0.4, 0.5) is 0 Å². The van der Waals surface area contributed by atoms with Gasteiger partial charge in [0.15, 0.2) is 0 Å². The van der Waals surface area contributed by atoms with Crippen LogP contribution in [-0.2, 0) is 16.9 Å². The average molecular weight is 436 g/mol. The molecule has 1 atom stereocenters. The number of ether oxygens (including phenoxy) is 1. The van der Waals surface area contributed by atoms with Gasteiger partial charge in [0.1, 0.15) is 5.69 Å². The zero-order chi connectivity index (χ0) is 22.9. The van der Waals surface area contributed by atoms with E-state index in [4.69, 9.17) is 9.72 Å². The Morgan fingerprint density at radius 2 is 1.67 bits per heavy atom. The summed E-state index contributed by atoms with van der Waals surface area (Å²) in [5.74, 6) is -0.335. The van der Waals surface area contributed by atoms with Crippen LogP contribution in [0.15, 0.2) is 67.0 Å². The largest absolute Gasteiger partial charge is 0.439 e. The Morgan fingerprint density at radius 3 is 2.48 bits per heavy atom. The van der Waals surface area contributed by atoms with E-state index in [0.717, 1.165) is 51.0 Å². The number of fused-ring (bicyclic) bond motifs is 3. The maximum absolute atomic E-state index is 13.3. The van der Waals surface area contributed by atoms with Crippen LogP contribution in [0.5, 0.6) is 0 Å². The van der Waals surface area contributed by atoms with Crippen molar-refractivity contribution < 1.29 is 9.53 Å². The fraction of sp³-hybridized carbons (Fsp3) is 0.214. The molecule has 0 saturated carbocycles. The van der Waals surface area contributed by atoms with E-state index in [-0.39, 0.29) is 5.97 Å². The molecule has 0 amide bonds. The predicted molar refractivity (Wildman–Crippen MR) is 129 cm³/mol. The van der Waals surface area contributed by atoms with Crippen LogP contribution >= 0.6 is 0 Å². The van der Waals surface area contributed by atoms with E-state index in [2.05, 4.69) is 67.1 Å². The number of hydrogen-bond donors (Lipinski definition) is 0. The number of aromatic nitrogens is 3. The number of benzene rings is 1. The molecule has 5 nitrogen and oxygen atoms in total. The third-order valence-electron chi connectivity index (χ3n) is 7.25. The topological polar surface area (TPSA) is 48.5 Å². The number of carbonyl (C=O) groups excluding carboxylic acids is 1. The molecule has 1 aliphatic heterocycles. The van der Waals surface area contributed by atoms with Crippen LogP contribution in [0.3, 0.4) is 0 Å². The van der Waals surface area contributed by atoms with Gasteiger partial charge in [0.2, 0.25) is 5.60 Å². The molecule has 0 N–H and O–H groups in total. The van der Waals surface area contributed by atoms with Crippen LogP contribution in [0.2, 0.25) is 0 Å². The first-order valence-corrected chi connectivity index (χ1v) is 11.3. The lowest BCUT2D eigenvalue weighted by atomic mass is 9.79. The van der Waals surface area contributed by atoms with E-state index in [1.54, 1.807) is 12.3 Å². The van der Waals surface area contributed by atoms with Gasteiger partial charge >= 0.3 is 5.97 Å². The molecule has 1 aromatic carbocycles. The van der Waals surface area contributed by atoms with Crippen molar-refractivity contribution in [3.05, 3.63) is 106 Å². The number of rotatable bonds is 3. The molecule has 5 heteroatoms. The fourth-order valence-corrected chi connectivity index (χ4v) is 5.78. The van der Waals surface area contributed by atoms with Gasteiger partial charge in [-0.25, -0.2) is 4.79 Å². The number of hydrogen-bond acceptors (Lipinski definition) is 3. The van der Waals surface area contributed by atoms with Crippen molar-refractivity contribution in [3.8, 4) is 0 Å². The molecule has 33 heavy (non-hydrogen) atoms. The maximum Gasteiger partial charge on any atom is 0.341 e. The minimum Gasteiger partial charge on any atom is -0.439 e. The van der Waals surface area contributed by atoms with Crippen LogP contribution < -0.4 is 0 Å². The summed E-state index contributed by atoms with van der Waals surface area (Å²) in [7, 11) is 0. The molecular formula is C28H25N3O2. The Labute approximate surface area is 192 Å². The van der Waals surface area contributed by atoms with Crippen molar-refractivity contribution in [3.63, 3.8) is 0 Å². The average Bonchev–Trinajstić information content (AvgIpc) is 3.39. The number of esters is 1. The third-order valence-corrected chi connectivity index (χ3v) is 7.25. The lowest BCUT2D eigenvalue weighted by Crippen LogP contribution is -2.32. The fourth-order valence-electron chi connectivity index (χ4n) is 5.78. The SMILES string of the molecule is CCn1c(C)c(C2(c3c(C)c(C)n4ccccc34)OC(=O)c3cccnc32)c2ccccc21. The summed E-state index contributed by atoms with van der Waals surface area (Å²) in [4.78, 5) is 18.1. The number of pyridine rings is 2. The van der Waals surface area contributed by atoms with E-state index >= 15 is 0 Å². The molecule has 1 unspecified atom stereocenters.